The van der Waals surface area contributed by atoms with Crippen LogP contribution in [0.3, 0.4) is 0 Å². The molecule has 2 N–H and O–H groups in total. The average molecular weight is 1320 g/mol. The molecule has 0 spiro atoms. The van der Waals surface area contributed by atoms with Crippen molar-refractivity contribution < 1.29 is 47.6 Å². The Kier molecular flexibility index (Phi) is 19.5. The van der Waals surface area contributed by atoms with Gasteiger partial charge in [-0.2, -0.15) is 0 Å². The standard InChI is InChI=1S/C72H58N8O10S4/c1-85-37-39-89-35-33-53(81)41-17-25-45(26-18-41)91-55-13-5-9-49-59(55)67-74-63(49)73-64-50-10-6-15-57(94-48-31-23-44(24-32-48)72(84)88-4)61(50)69(75-64)80-70-62-52(12-8-16-58(62)92-46-27-19-42(20-28-46)54(82)34-36-90-40-38-86-2)66(79-70)78-68-60-51(65(76-67)77-68)11-7-14-56(60)93-47-29-21-43(22-30-47)71(83)87-3/h5-32H,33-40H2,1-4H3,(H2,73,74,75,76,77,78,79,80). The molecule has 94 heavy (non-hydrogen) atoms. The van der Waals surface area contributed by atoms with Gasteiger partial charge >= 0.3 is 11.9 Å². The summed E-state index contributed by atoms with van der Waals surface area (Å²) in [5.41, 5.74) is 6.85. The number of carbonyl (C=O) groups is 4. The number of nitrogens with one attached hydrogen (secondary N) is 2. The number of benzene rings is 8. The molecule has 8 bridgehead atoms. The van der Waals surface area contributed by atoms with Gasteiger partial charge in [-0.1, -0.05) is 120 Å². The minimum Gasteiger partial charge on any atom is -0.465 e. The summed E-state index contributed by atoms with van der Waals surface area (Å²) < 4.78 is 31.4. The number of H-pyrrole nitrogens is 2. The molecule has 5 heterocycles. The van der Waals surface area contributed by atoms with Crippen molar-refractivity contribution >= 4 is 115 Å². The lowest BCUT2D eigenvalue weighted by Crippen LogP contribution is -2.08. The lowest BCUT2D eigenvalue weighted by atomic mass is 10.1. The van der Waals surface area contributed by atoms with Gasteiger partial charge in [0.05, 0.1) is 65.0 Å². The first-order valence-corrected chi connectivity index (χ1v) is 33.1. The van der Waals surface area contributed by atoms with E-state index in [4.69, 9.17) is 58.3 Å². The van der Waals surface area contributed by atoms with E-state index in [1.54, 1.807) is 38.5 Å². The monoisotopic (exact) mass is 1320 g/mol. The Balaban J connectivity index is 1.01. The van der Waals surface area contributed by atoms with Crippen molar-refractivity contribution in [2.75, 3.05) is 68.1 Å². The van der Waals surface area contributed by atoms with Crippen LogP contribution in [-0.4, -0.2) is 131 Å². The highest BCUT2D eigenvalue weighted by Gasteiger charge is 2.28. The van der Waals surface area contributed by atoms with Gasteiger partial charge in [0, 0.05) is 121 Å². The summed E-state index contributed by atoms with van der Waals surface area (Å²) >= 11 is 6.05. The fourth-order valence-corrected chi connectivity index (χ4v) is 14.7. The number of fused-ring (bicyclic) bond motifs is 20. The van der Waals surface area contributed by atoms with Crippen molar-refractivity contribution in [2.24, 2.45) is 0 Å². The second kappa shape index (κ2) is 28.9. The first kappa shape index (κ1) is 63.4. The molecule has 18 nitrogen and oxygen atoms in total. The largest absolute Gasteiger partial charge is 0.465 e. The van der Waals surface area contributed by atoms with Gasteiger partial charge in [0.15, 0.2) is 34.9 Å². The van der Waals surface area contributed by atoms with E-state index in [1.165, 1.54) is 61.3 Å². The zero-order valence-electron chi connectivity index (χ0n) is 51.2. The van der Waals surface area contributed by atoms with Gasteiger partial charge < -0.3 is 38.4 Å². The first-order chi connectivity index (χ1) is 46.0. The molecule has 0 unspecified atom stereocenters. The van der Waals surface area contributed by atoms with E-state index in [2.05, 4.69) is 9.97 Å². The van der Waals surface area contributed by atoms with Crippen LogP contribution in [0, 0.1) is 0 Å². The Hall–Kier alpha value is -9.36. The van der Waals surface area contributed by atoms with E-state index >= 15 is 0 Å². The summed E-state index contributed by atoms with van der Waals surface area (Å²) in [4.78, 5) is 98.4. The van der Waals surface area contributed by atoms with E-state index < -0.39 is 11.9 Å². The number of hydrogen-bond donors (Lipinski definition) is 2. The van der Waals surface area contributed by atoms with Crippen molar-refractivity contribution in [1.82, 2.24) is 39.9 Å². The number of nitrogens with zero attached hydrogens (tertiary/aromatic N) is 6. The molecule has 0 atom stereocenters. The molecule has 0 aliphatic carbocycles. The number of aromatic nitrogens is 8. The fraction of sp³-hybridized carbons (Fsp3) is 0.167. The minimum absolute atomic E-state index is 0.0219. The van der Waals surface area contributed by atoms with E-state index in [0.29, 0.717) is 108 Å². The van der Waals surface area contributed by atoms with Gasteiger partial charge in [-0.25, -0.2) is 39.5 Å². The van der Waals surface area contributed by atoms with E-state index in [-0.39, 0.29) is 24.4 Å². The molecule has 22 heteroatoms. The quantitative estimate of drug-likeness (QED) is 0.0325. The lowest BCUT2D eigenvalue weighted by molar-refractivity contribution is 0.0592. The number of rotatable bonds is 24. The van der Waals surface area contributed by atoms with Gasteiger partial charge in [-0.05, 0) is 97.1 Å². The summed E-state index contributed by atoms with van der Waals surface area (Å²) in [5, 5.41) is 3.05. The number of ketones is 2. The van der Waals surface area contributed by atoms with Gasteiger partial charge in [-0.15, -0.1) is 0 Å². The lowest BCUT2D eigenvalue weighted by Gasteiger charge is -2.08. The molecule has 0 amide bonds. The number of esters is 2. The second-order valence-electron chi connectivity index (χ2n) is 21.4. The highest BCUT2D eigenvalue weighted by Crippen LogP contribution is 2.47. The van der Waals surface area contributed by atoms with Crippen molar-refractivity contribution in [2.45, 2.75) is 52.0 Å². The van der Waals surface area contributed by atoms with Gasteiger partial charge in [0.25, 0.3) is 0 Å². The SMILES string of the molecule is COCCOCCC(=O)c1ccc(Sc2cccc3c4nc5nc(nc6[nH]c(nc7nc(nc([nH]4)c23)-c2cccc(Sc3ccc(C(=O)OC)cc3)c2-7)c2cccc(Sc3ccc(C(=O)CCOCCOC)cc3)c62)-c2c(Sc3ccc(C(=O)OC)cc3)cccc2-5)cc1. The summed E-state index contributed by atoms with van der Waals surface area (Å²) in [7, 11) is 5.93. The Bertz CT molecular complexity index is 4890. The smallest absolute Gasteiger partial charge is 0.337 e. The molecule has 0 radical (unpaired) electrons. The van der Waals surface area contributed by atoms with Crippen LogP contribution < -0.4 is 0 Å². The van der Waals surface area contributed by atoms with Crippen LogP contribution in [0.25, 0.3) is 89.7 Å². The molecule has 470 valence electrons. The van der Waals surface area contributed by atoms with Crippen molar-refractivity contribution in [3.05, 3.63) is 192 Å². The van der Waals surface area contributed by atoms with Gasteiger partial charge in [-0.3, -0.25) is 9.59 Å². The topological polar surface area (TPSA) is 233 Å². The highest BCUT2D eigenvalue weighted by atomic mass is 32.2. The van der Waals surface area contributed by atoms with Crippen LogP contribution in [0.4, 0.5) is 0 Å². The zero-order chi connectivity index (χ0) is 64.7. The summed E-state index contributed by atoms with van der Waals surface area (Å²) in [6, 6.07) is 53.6. The van der Waals surface area contributed by atoms with Crippen molar-refractivity contribution in [3.63, 3.8) is 0 Å². The van der Waals surface area contributed by atoms with E-state index in [1.807, 2.05) is 146 Å². The zero-order valence-corrected chi connectivity index (χ0v) is 54.5. The van der Waals surface area contributed by atoms with Crippen LogP contribution >= 0.6 is 47.0 Å². The Morgan fingerprint density at radius 2 is 0.691 bits per heavy atom. The summed E-state index contributed by atoms with van der Waals surface area (Å²) in [6.45, 7) is 2.32. The molecular weight excluding hydrogens is 1270 g/mol. The third kappa shape index (κ3) is 13.7. The molecular formula is C72H58N8O10S4. The molecule has 8 aromatic carbocycles. The second-order valence-corrected chi connectivity index (χ2v) is 25.8. The number of ether oxygens (including phenoxy) is 6. The molecule has 3 aromatic heterocycles. The van der Waals surface area contributed by atoms with Crippen molar-refractivity contribution in [1.29, 1.82) is 0 Å². The third-order valence-corrected chi connectivity index (χ3v) is 19.7. The molecule has 0 fully saturated rings. The predicted molar refractivity (Wildman–Crippen MR) is 364 cm³/mol. The van der Waals surface area contributed by atoms with Gasteiger partial charge in [0.2, 0.25) is 0 Å². The van der Waals surface area contributed by atoms with Crippen LogP contribution in [-0.2, 0) is 28.4 Å². The van der Waals surface area contributed by atoms with Crippen LogP contribution in [0.1, 0.15) is 54.3 Å². The van der Waals surface area contributed by atoms with Crippen LogP contribution in [0.15, 0.2) is 209 Å². The van der Waals surface area contributed by atoms with Crippen LogP contribution in [0.5, 0.6) is 0 Å². The Morgan fingerprint density at radius 1 is 0.351 bits per heavy atom. The maximum absolute atomic E-state index is 13.3. The number of Topliss-reactive ketones (excluding diaryl/α,β-unsaturated/α-hetero) is 2. The molecule has 0 saturated heterocycles. The van der Waals surface area contributed by atoms with Gasteiger partial charge in [0.1, 0.15) is 22.6 Å². The maximum atomic E-state index is 13.3. The molecule has 2 aliphatic heterocycles. The van der Waals surface area contributed by atoms with Crippen molar-refractivity contribution in [3.8, 4) is 45.6 Å². The molecule has 11 aromatic rings. The maximum Gasteiger partial charge on any atom is 0.337 e. The molecule has 2 aliphatic rings. The Labute approximate surface area is 556 Å². The fourth-order valence-electron chi connectivity index (χ4n) is 10.8. The first-order valence-electron chi connectivity index (χ1n) is 29.9. The predicted octanol–water partition coefficient (Wildman–Crippen LogP) is 15.5. The average Bonchev–Trinajstić information content (AvgIpc) is 1.61. The molecule has 0 saturated carbocycles. The summed E-state index contributed by atoms with van der Waals surface area (Å²) in [6.07, 6.45) is 0.483. The molecule has 13 rings (SSSR count). The number of carbonyl (C=O) groups excluding carboxylic acids is 4. The number of methoxy groups -OCH3 is 4. The van der Waals surface area contributed by atoms with E-state index in [0.717, 1.165) is 83.0 Å². The van der Waals surface area contributed by atoms with E-state index in [9.17, 15) is 19.2 Å². The number of hydrogen-bond acceptors (Lipinski definition) is 20. The summed E-state index contributed by atoms with van der Waals surface area (Å²) in [5.74, 6) is 0.638. The normalized spacial score (nSPS) is 11.6. The Morgan fingerprint density at radius 3 is 1.09 bits per heavy atom. The third-order valence-electron chi connectivity index (χ3n) is 15.4. The number of aromatic amines is 2. The minimum atomic E-state index is -0.436. The van der Waals surface area contributed by atoms with Crippen LogP contribution in [0.2, 0.25) is 0 Å². The highest BCUT2D eigenvalue weighted by molar-refractivity contribution is 8.00.